The van der Waals surface area contributed by atoms with Gasteiger partial charge in [0.05, 0.1) is 24.0 Å². The van der Waals surface area contributed by atoms with Crippen molar-refractivity contribution in [2.24, 2.45) is 0 Å². The molecule has 0 radical (unpaired) electrons. The maximum atomic E-state index is 13.5. The summed E-state index contributed by atoms with van der Waals surface area (Å²) in [7, 11) is -2.32. The minimum absolute atomic E-state index is 0.0666. The predicted octanol–water partition coefficient (Wildman–Crippen LogP) is 3.31. The van der Waals surface area contributed by atoms with Crippen molar-refractivity contribution < 1.29 is 22.7 Å². The third-order valence-corrected chi connectivity index (χ3v) is 9.62. The molecule has 3 heterocycles. The number of hydrogen-bond acceptors (Lipinski definition) is 6. The maximum Gasteiger partial charge on any atom is 0.264 e. The summed E-state index contributed by atoms with van der Waals surface area (Å²) >= 11 is 0. The van der Waals surface area contributed by atoms with Crippen LogP contribution in [0.3, 0.4) is 0 Å². The van der Waals surface area contributed by atoms with E-state index in [1.54, 1.807) is 24.1 Å². The second-order valence-corrected chi connectivity index (χ2v) is 12.4. The van der Waals surface area contributed by atoms with E-state index in [4.69, 9.17) is 4.74 Å². The molecule has 2 aromatic carbocycles. The highest BCUT2D eigenvalue weighted by atomic mass is 32.2. The van der Waals surface area contributed by atoms with Crippen molar-refractivity contribution in [2.45, 2.75) is 62.6 Å². The first-order chi connectivity index (χ1) is 18.7. The molecule has 0 saturated carbocycles. The number of hydrogen-bond donors (Lipinski definition) is 1. The van der Waals surface area contributed by atoms with Gasteiger partial charge in [-0.1, -0.05) is 36.2 Å². The van der Waals surface area contributed by atoms with Crippen molar-refractivity contribution in [1.82, 2.24) is 19.4 Å². The van der Waals surface area contributed by atoms with Crippen molar-refractivity contribution in [1.29, 1.82) is 0 Å². The van der Waals surface area contributed by atoms with Crippen molar-refractivity contribution >= 4 is 21.8 Å². The number of nitrogens with one attached hydrogen (secondary N) is 1. The molecule has 2 atom stereocenters. The smallest absolute Gasteiger partial charge is 0.264 e. The molecule has 1 N–H and O–H groups in total. The van der Waals surface area contributed by atoms with Crippen LogP contribution in [-0.2, 0) is 26.2 Å². The molecular weight excluding hydrogens is 516 g/mol. The van der Waals surface area contributed by atoms with Crippen LogP contribution in [0, 0.1) is 6.92 Å². The van der Waals surface area contributed by atoms with Crippen LogP contribution < -0.4 is 10.1 Å². The summed E-state index contributed by atoms with van der Waals surface area (Å²) < 4.78 is 33.8. The van der Waals surface area contributed by atoms with E-state index < -0.39 is 22.0 Å². The predicted molar refractivity (Wildman–Crippen MR) is 147 cm³/mol. The van der Waals surface area contributed by atoms with Crippen LogP contribution in [0.1, 0.15) is 54.8 Å². The fourth-order valence-corrected chi connectivity index (χ4v) is 7.00. The zero-order valence-electron chi connectivity index (χ0n) is 22.5. The molecule has 9 nitrogen and oxygen atoms in total. The van der Waals surface area contributed by atoms with Crippen molar-refractivity contribution in [2.75, 3.05) is 26.7 Å². The van der Waals surface area contributed by atoms with Crippen molar-refractivity contribution in [3.63, 3.8) is 0 Å². The zero-order valence-corrected chi connectivity index (χ0v) is 23.3. The summed E-state index contributed by atoms with van der Waals surface area (Å²) in [6.45, 7) is 5.44. The first-order valence-electron chi connectivity index (χ1n) is 13.5. The molecule has 2 aromatic rings. The minimum atomic E-state index is -4.03. The van der Waals surface area contributed by atoms with Gasteiger partial charge in [0, 0.05) is 38.0 Å². The number of ether oxygens (including phenoxy) is 1. The molecule has 0 spiro atoms. The van der Waals surface area contributed by atoms with Gasteiger partial charge in [0.15, 0.2) is 0 Å². The van der Waals surface area contributed by atoms with E-state index in [0.29, 0.717) is 13.0 Å². The first kappa shape index (κ1) is 27.2. The Balaban J connectivity index is 1.32. The van der Waals surface area contributed by atoms with E-state index in [2.05, 4.69) is 22.3 Å². The minimum Gasteiger partial charge on any atom is -0.493 e. The summed E-state index contributed by atoms with van der Waals surface area (Å²) in [6, 6.07) is 11.2. The van der Waals surface area contributed by atoms with Gasteiger partial charge >= 0.3 is 0 Å². The second-order valence-electron chi connectivity index (χ2n) is 10.6. The van der Waals surface area contributed by atoms with Crippen LogP contribution in [0.2, 0.25) is 0 Å². The van der Waals surface area contributed by atoms with E-state index in [9.17, 15) is 18.0 Å². The van der Waals surface area contributed by atoms with Crippen molar-refractivity contribution in [3.8, 4) is 5.75 Å². The van der Waals surface area contributed by atoms with E-state index >= 15 is 0 Å². The highest BCUT2D eigenvalue weighted by molar-refractivity contribution is 7.89. The lowest BCUT2D eigenvalue weighted by molar-refractivity contribution is -0.136. The number of benzene rings is 2. The lowest BCUT2D eigenvalue weighted by Crippen LogP contribution is -2.51. The zero-order chi connectivity index (χ0) is 27.6. The Morgan fingerprint density at radius 2 is 1.85 bits per heavy atom. The molecule has 5 rings (SSSR count). The molecule has 3 aliphatic rings. The second kappa shape index (κ2) is 11.4. The summed E-state index contributed by atoms with van der Waals surface area (Å²) in [4.78, 5) is 30.5. The Morgan fingerprint density at radius 3 is 2.59 bits per heavy atom. The van der Waals surface area contributed by atoms with Gasteiger partial charge < -0.3 is 15.0 Å². The third kappa shape index (κ3) is 5.81. The van der Waals surface area contributed by atoms with Crippen LogP contribution in [0.4, 0.5) is 0 Å². The van der Waals surface area contributed by atoms with Crippen molar-refractivity contribution in [3.05, 3.63) is 71.6 Å². The molecule has 208 valence electrons. The van der Waals surface area contributed by atoms with Crippen LogP contribution in [0.15, 0.2) is 59.8 Å². The molecule has 0 bridgehead atoms. The van der Waals surface area contributed by atoms with Gasteiger partial charge in [-0.05, 0) is 56.6 Å². The van der Waals surface area contributed by atoms with Crippen LogP contribution in [0.5, 0.6) is 5.75 Å². The highest BCUT2D eigenvalue weighted by Gasteiger charge is 2.39. The summed E-state index contributed by atoms with van der Waals surface area (Å²) in [5, 5.41) is 2.55. The normalized spacial score (nSPS) is 21.6. The number of rotatable bonds is 7. The maximum absolute atomic E-state index is 13.5. The summed E-state index contributed by atoms with van der Waals surface area (Å²) in [5.74, 6) is -0.0724. The number of aryl methyl sites for hydroxylation is 1. The standard InChI is InChI=1S/C29H36N4O5S/c1-21-6-9-23(10-7-21)39(36,37)33-16-13-30-29(35)26(33)19-28(34)31(2)25-12-17-38-27-18-22(8-11-24(25)27)20-32-14-4-3-5-15-32/h6-11,13,16,18,25-26H,3-5,12,14-15,17,19-20H2,1-2H3,(H,30,35)/t25-,26-/m1/s1. The third-order valence-electron chi connectivity index (χ3n) is 7.82. The average molecular weight is 553 g/mol. The summed E-state index contributed by atoms with van der Waals surface area (Å²) in [6.07, 6.45) is 6.68. The van der Waals surface area contributed by atoms with Gasteiger partial charge in [0.25, 0.3) is 10.0 Å². The molecule has 39 heavy (non-hydrogen) atoms. The van der Waals surface area contributed by atoms with Crippen LogP contribution >= 0.6 is 0 Å². The largest absolute Gasteiger partial charge is 0.493 e. The number of carbonyl (C=O) groups excluding carboxylic acids is 2. The molecule has 2 amide bonds. The van der Waals surface area contributed by atoms with Crippen LogP contribution in [0.25, 0.3) is 0 Å². The molecule has 0 unspecified atom stereocenters. The number of likely N-dealkylation sites (tertiary alicyclic amines) is 1. The number of amides is 2. The van der Waals surface area contributed by atoms with Gasteiger partial charge in [0.1, 0.15) is 11.8 Å². The molecule has 3 aliphatic heterocycles. The molecular formula is C29H36N4O5S. The van der Waals surface area contributed by atoms with Gasteiger partial charge in [-0.3, -0.25) is 18.8 Å². The summed E-state index contributed by atoms with van der Waals surface area (Å²) in [5.41, 5.74) is 3.04. The average Bonchev–Trinajstić information content (AvgIpc) is 2.94. The monoisotopic (exact) mass is 552 g/mol. The number of carbonyl (C=O) groups is 2. The fourth-order valence-electron chi connectivity index (χ4n) is 5.55. The SMILES string of the molecule is Cc1ccc(S(=O)(=O)N2C=CNC(=O)[C@H]2CC(=O)N(C)[C@@H]2CCOc3cc(CN4CCCCC4)ccc32)cc1. The van der Waals surface area contributed by atoms with Gasteiger partial charge in [-0.2, -0.15) is 0 Å². The lowest BCUT2D eigenvalue weighted by atomic mass is 9.96. The lowest BCUT2D eigenvalue weighted by Gasteiger charge is -2.36. The quantitative estimate of drug-likeness (QED) is 0.566. The molecule has 1 fully saturated rings. The Kier molecular flexibility index (Phi) is 7.95. The Labute approximate surface area is 230 Å². The van der Waals surface area contributed by atoms with E-state index in [-0.39, 0.29) is 23.3 Å². The molecule has 0 aromatic heterocycles. The van der Waals surface area contributed by atoms with Gasteiger partial charge in [-0.15, -0.1) is 0 Å². The highest BCUT2D eigenvalue weighted by Crippen LogP contribution is 2.37. The molecule has 1 saturated heterocycles. The van der Waals surface area contributed by atoms with E-state index in [0.717, 1.165) is 40.8 Å². The van der Waals surface area contributed by atoms with E-state index in [1.165, 1.54) is 49.4 Å². The molecule has 0 aliphatic carbocycles. The van der Waals surface area contributed by atoms with Gasteiger partial charge in [0.2, 0.25) is 11.8 Å². The Hall–Kier alpha value is -3.37. The Bertz CT molecular complexity index is 1350. The number of sulfonamides is 1. The number of piperidine rings is 1. The molecule has 10 heteroatoms. The number of fused-ring (bicyclic) bond motifs is 1. The topological polar surface area (TPSA) is 99.3 Å². The fraction of sp³-hybridized carbons (Fsp3) is 0.448. The van der Waals surface area contributed by atoms with Gasteiger partial charge in [-0.25, -0.2) is 8.42 Å². The first-order valence-corrected chi connectivity index (χ1v) is 15.0. The number of nitrogens with zero attached hydrogens (tertiary/aromatic N) is 3. The van der Waals surface area contributed by atoms with E-state index in [1.807, 2.05) is 13.0 Å². The Morgan fingerprint density at radius 1 is 1.10 bits per heavy atom. The van der Waals surface area contributed by atoms with Crippen LogP contribution in [-0.4, -0.2) is 67.1 Å².